The number of thiocarbonyl (C=S) groups is 1. The van der Waals surface area contributed by atoms with Crippen molar-refractivity contribution in [3.05, 3.63) is 82.9 Å². The number of hydrogen-bond acceptors (Lipinski definition) is 4. The molecule has 1 aliphatic heterocycles. The number of ether oxygens (including phenoxy) is 1. The van der Waals surface area contributed by atoms with E-state index in [1.807, 2.05) is 24.4 Å². The molecule has 0 saturated carbocycles. The van der Waals surface area contributed by atoms with Crippen LogP contribution in [0.15, 0.2) is 54.7 Å². The van der Waals surface area contributed by atoms with Gasteiger partial charge in [-0.15, -0.1) is 0 Å². The van der Waals surface area contributed by atoms with Crippen LogP contribution < -0.4 is 5.32 Å². The molecule has 3 aromatic rings. The number of methoxy groups -OCH3 is 1. The lowest BCUT2D eigenvalue weighted by molar-refractivity contribution is -0.140. The average Bonchev–Trinajstić information content (AvgIpc) is 3.29. The van der Waals surface area contributed by atoms with Crippen molar-refractivity contribution in [2.45, 2.75) is 45.7 Å². The number of carbonyl (C=O) groups excluding carboxylic acids is 1. The minimum atomic E-state index is -0.205. The Bertz CT molecular complexity index is 1160. The van der Waals surface area contributed by atoms with Crippen LogP contribution in [0, 0.1) is 20.8 Å². The third kappa shape index (κ3) is 4.64. The molecule has 172 valence electrons. The van der Waals surface area contributed by atoms with E-state index >= 15 is 0 Å². The van der Waals surface area contributed by atoms with E-state index in [2.05, 4.69) is 70.9 Å². The van der Waals surface area contributed by atoms with Crippen LogP contribution in [0.1, 0.15) is 53.1 Å². The normalized spacial score (nSPS) is 17.8. The molecule has 1 saturated heterocycles. The predicted molar refractivity (Wildman–Crippen MR) is 133 cm³/mol. The van der Waals surface area contributed by atoms with Crippen LogP contribution >= 0.6 is 12.2 Å². The van der Waals surface area contributed by atoms with Crippen LogP contribution in [0.4, 0.5) is 0 Å². The summed E-state index contributed by atoms with van der Waals surface area (Å²) in [7, 11) is 1.42. The van der Waals surface area contributed by atoms with Gasteiger partial charge >= 0.3 is 5.97 Å². The maximum absolute atomic E-state index is 11.7. The van der Waals surface area contributed by atoms with Gasteiger partial charge in [0.2, 0.25) is 0 Å². The fourth-order valence-electron chi connectivity index (χ4n) is 4.73. The van der Waals surface area contributed by atoms with Crippen molar-refractivity contribution in [3.63, 3.8) is 0 Å². The van der Waals surface area contributed by atoms with E-state index in [4.69, 9.17) is 17.0 Å². The van der Waals surface area contributed by atoms with Gasteiger partial charge in [-0.3, -0.25) is 9.78 Å². The van der Waals surface area contributed by atoms with Gasteiger partial charge in [-0.05, 0) is 80.9 Å². The summed E-state index contributed by atoms with van der Waals surface area (Å²) in [6, 6.07) is 16.6. The number of nitrogens with zero attached hydrogens (tertiary/aromatic N) is 3. The van der Waals surface area contributed by atoms with E-state index in [1.54, 1.807) is 0 Å². The maximum atomic E-state index is 11.7. The van der Waals surface area contributed by atoms with Crippen molar-refractivity contribution >= 4 is 23.3 Å². The maximum Gasteiger partial charge on any atom is 0.305 e. The molecule has 2 atom stereocenters. The highest BCUT2D eigenvalue weighted by molar-refractivity contribution is 7.80. The van der Waals surface area contributed by atoms with Crippen LogP contribution in [-0.4, -0.2) is 39.2 Å². The van der Waals surface area contributed by atoms with Crippen LogP contribution in [0.3, 0.4) is 0 Å². The van der Waals surface area contributed by atoms with Gasteiger partial charge < -0.3 is 19.5 Å². The highest BCUT2D eigenvalue weighted by atomic mass is 32.1. The van der Waals surface area contributed by atoms with E-state index in [1.165, 1.54) is 29.6 Å². The Hall–Kier alpha value is -3.19. The minimum Gasteiger partial charge on any atom is -0.469 e. The molecule has 6 nitrogen and oxygen atoms in total. The molecule has 0 bridgehead atoms. The molecule has 0 unspecified atom stereocenters. The fraction of sp³-hybridized carbons (Fsp3) is 0.346. The Kier molecular flexibility index (Phi) is 6.79. The summed E-state index contributed by atoms with van der Waals surface area (Å²) in [6.45, 7) is 7.06. The summed E-state index contributed by atoms with van der Waals surface area (Å²) < 4.78 is 7.12. The molecule has 1 aromatic carbocycles. The third-order valence-electron chi connectivity index (χ3n) is 6.25. The lowest BCUT2D eigenvalue weighted by Crippen LogP contribution is -2.31. The molecule has 4 rings (SSSR count). The van der Waals surface area contributed by atoms with Crippen molar-refractivity contribution in [1.29, 1.82) is 0 Å². The van der Waals surface area contributed by atoms with E-state index in [9.17, 15) is 4.79 Å². The first kappa shape index (κ1) is 23.0. The number of benzene rings is 1. The van der Waals surface area contributed by atoms with Crippen molar-refractivity contribution in [2.24, 2.45) is 0 Å². The van der Waals surface area contributed by atoms with Gasteiger partial charge in [0, 0.05) is 36.2 Å². The molecule has 0 amide bonds. The Morgan fingerprint density at radius 2 is 1.97 bits per heavy atom. The molecule has 0 spiro atoms. The first-order chi connectivity index (χ1) is 15.9. The van der Waals surface area contributed by atoms with Gasteiger partial charge in [0.15, 0.2) is 5.11 Å². The number of aryl methyl sites for hydroxylation is 2. The summed E-state index contributed by atoms with van der Waals surface area (Å²) in [6.07, 6.45) is 2.84. The molecule has 33 heavy (non-hydrogen) atoms. The second-order valence-electron chi connectivity index (χ2n) is 8.50. The fourth-order valence-corrected chi connectivity index (χ4v) is 5.06. The molecule has 7 heteroatoms. The summed E-state index contributed by atoms with van der Waals surface area (Å²) in [4.78, 5) is 18.5. The largest absolute Gasteiger partial charge is 0.469 e. The van der Waals surface area contributed by atoms with Gasteiger partial charge in [0.25, 0.3) is 0 Å². The Morgan fingerprint density at radius 3 is 2.67 bits per heavy atom. The second kappa shape index (κ2) is 9.75. The SMILES string of the molecule is COC(=O)CCCN1C(=S)N[C@@H](c2ccccn2)[C@@H]1c1cc(C)n(-c2cccc(C)c2)c1C. The van der Waals surface area contributed by atoms with Crippen molar-refractivity contribution in [3.8, 4) is 5.69 Å². The van der Waals surface area contributed by atoms with Gasteiger partial charge in [-0.25, -0.2) is 0 Å². The van der Waals surface area contributed by atoms with Gasteiger partial charge in [0.1, 0.15) is 0 Å². The number of nitrogens with one attached hydrogen (secondary N) is 1. The van der Waals surface area contributed by atoms with Gasteiger partial charge in [-0.1, -0.05) is 18.2 Å². The highest BCUT2D eigenvalue weighted by Crippen LogP contribution is 2.41. The molecule has 1 N–H and O–H groups in total. The van der Waals surface area contributed by atoms with Gasteiger partial charge in [-0.2, -0.15) is 0 Å². The Labute approximate surface area is 200 Å². The molecule has 2 aromatic heterocycles. The van der Waals surface area contributed by atoms with Crippen LogP contribution in [0.25, 0.3) is 5.69 Å². The predicted octanol–water partition coefficient (Wildman–Crippen LogP) is 4.72. The number of esters is 1. The van der Waals surface area contributed by atoms with Crippen molar-refractivity contribution in [1.82, 2.24) is 19.8 Å². The quantitative estimate of drug-likeness (QED) is 0.405. The van der Waals surface area contributed by atoms with Crippen molar-refractivity contribution < 1.29 is 9.53 Å². The third-order valence-corrected chi connectivity index (χ3v) is 6.61. The minimum absolute atomic E-state index is 0.0326. The number of carbonyl (C=O) groups is 1. The number of rotatable bonds is 7. The Morgan fingerprint density at radius 1 is 1.15 bits per heavy atom. The summed E-state index contributed by atoms with van der Waals surface area (Å²) in [5, 5.41) is 4.18. The molecule has 1 fully saturated rings. The highest BCUT2D eigenvalue weighted by Gasteiger charge is 2.41. The standard InChI is InChI=1S/C26H30N4O2S/c1-17-9-7-10-20(15-17)30-18(2)16-21(19(30)3)25-24(22-11-5-6-13-27-22)28-26(33)29(25)14-8-12-23(31)32-4/h5-7,9-11,13,15-16,24-25H,8,12,14H2,1-4H3,(H,28,33)/t24-,25-/m0/s1. The zero-order valence-corrected chi connectivity index (χ0v) is 20.4. The molecular weight excluding hydrogens is 432 g/mol. The van der Waals surface area contributed by atoms with Gasteiger partial charge in [0.05, 0.1) is 24.9 Å². The second-order valence-corrected chi connectivity index (χ2v) is 8.89. The lowest BCUT2D eigenvalue weighted by atomic mass is 9.96. The monoisotopic (exact) mass is 462 g/mol. The Balaban J connectivity index is 1.75. The molecule has 0 radical (unpaired) electrons. The molecule has 1 aliphatic rings. The summed E-state index contributed by atoms with van der Waals surface area (Å²) in [5.74, 6) is -0.205. The van der Waals surface area contributed by atoms with Crippen molar-refractivity contribution in [2.75, 3.05) is 13.7 Å². The van der Waals surface area contributed by atoms with Crippen LogP contribution in [0.2, 0.25) is 0 Å². The van der Waals surface area contributed by atoms with E-state index in [0.717, 1.165) is 11.4 Å². The number of pyridine rings is 1. The summed E-state index contributed by atoms with van der Waals surface area (Å²) in [5.41, 5.74) is 6.86. The zero-order chi connectivity index (χ0) is 23.5. The summed E-state index contributed by atoms with van der Waals surface area (Å²) >= 11 is 5.76. The molecule has 3 heterocycles. The van der Waals surface area contributed by atoms with E-state index < -0.39 is 0 Å². The van der Waals surface area contributed by atoms with E-state index in [0.29, 0.717) is 24.5 Å². The zero-order valence-electron chi connectivity index (χ0n) is 19.5. The van der Waals surface area contributed by atoms with E-state index in [-0.39, 0.29) is 18.1 Å². The molecular formula is C26H30N4O2S. The topological polar surface area (TPSA) is 59.4 Å². The first-order valence-corrected chi connectivity index (χ1v) is 11.6. The van der Waals surface area contributed by atoms with Crippen LogP contribution in [0.5, 0.6) is 0 Å². The first-order valence-electron chi connectivity index (χ1n) is 11.2. The number of aromatic nitrogens is 2. The molecule has 0 aliphatic carbocycles. The lowest BCUT2D eigenvalue weighted by Gasteiger charge is -2.28. The van der Waals surface area contributed by atoms with Crippen LogP contribution in [-0.2, 0) is 9.53 Å². The smallest absolute Gasteiger partial charge is 0.305 e. The number of hydrogen-bond donors (Lipinski definition) is 1. The average molecular weight is 463 g/mol.